The average molecular weight is 246 g/mol. The lowest BCUT2D eigenvalue weighted by molar-refractivity contribution is 1.13. The summed E-state index contributed by atoms with van der Waals surface area (Å²) >= 11 is 6.48. The number of benzene rings is 1. The molecule has 2 aromatic rings. The first-order valence-corrected chi connectivity index (χ1v) is 5.97. The van der Waals surface area contributed by atoms with Gasteiger partial charge in [0.25, 0.3) is 0 Å². The molecule has 0 aliphatic carbocycles. The average Bonchev–Trinajstić information content (AvgIpc) is 2.31. The lowest BCUT2D eigenvalue weighted by Gasteiger charge is -2.01. The van der Waals surface area contributed by atoms with Crippen molar-refractivity contribution < 1.29 is 0 Å². The van der Waals surface area contributed by atoms with Gasteiger partial charge in [-0.1, -0.05) is 42.2 Å². The summed E-state index contributed by atoms with van der Waals surface area (Å²) in [6.45, 7) is 0. The minimum absolute atomic E-state index is 0.378. The highest BCUT2D eigenvalue weighted by Crippen LogP contribution is 2.25. The first-order chi connectivity index (χ1) is 7.75. The topological polar surface area (TPSA) is 38.9 Å². The second-order valence-corrected chi connectivity index (χ2v) is 4.70. The minimum atomic E-state index is 0.378. The van der Waals surface area contributed by atoms with Gasteiger partial charge in [-0.25, -0.2) is 4.98 Å². The number of hydrogen-bond acceptors (Lipinski definition) is 3. The Morgan fingerprint density at radius 2 is 1.88 bits per heavy atom. The third kappa shape index (κ3) is 2.81. The Bertz CT molecular complexity index is 480. The van der Waals surface area contributed by atoms with Crippen LogP contribution < -0.4 is 5.73 Å². The second kappa shape index (κ2) is 5.09. The van der Waals surface area contributed by atoms with E-state index in [0.29, 0.717) is 4.99 Å². The predicted octanol–water partition coefficient (Wildman–Crippen LogP) is 2.87. The van der Waals surface area contributed by atoms with Gasteiger partial charge >= 0.3 is 0 Å². The summed E-state index contributed by atoms with van der Waals surface area (Å²) in [6.07, 6.45) is 1.70. The first kappa shape index (κ1) is 11.1. The Balaban J connectivity index is 2.14. The molecular formula is C12H10N2S2. The molecule has 0 spiro atoms. The number of aromatic nitrogens is 1. The molecule has 0 saturated heterocycles. The van der Waals surface area contributed by atoms with Gasteiger partial charge in [0, 0.05) is 16.7 Å². The van der Waals surface area contributed by atoms with E-state index in [9.17, 15) is 0 Å². The summed E-state index contributed by atoms with van der Waals surface area (Å²) < 4.78 is 0. The molecule has 0 aliphatic rings. The fraction of sp³-hybridized carbons (Fsp3) is 0. The Morgan fingerprint density at radius 1 is 1.12 bits per heavy atom. The molecule has 1 heterocycles. The van der Waals surface area contributed by atoms with E-state index in [0.717, 1.165) is 15.5 Å². The predicted molar refractivity (Wildman–Crippen MR) is 70.7 cm³/mol. The minimum Gasteiger partial charge on any atom is -0.389 e. The van der Waals surface area contributed by atoms with E-state index in [4.69, 9.17) is 18.0 Å². The molecule has 0 fully saturated rings. The Labute approximate surface area is 104 Å². The molecule has 2 N–H and O–H groups in total. The van der Waals surface area contributed by atoms with Gasteiger partial charge in [0.1, 0.15) is 10.0 Å². The van der Waals surface area contributed by atoms with Crippen LogP contribution in [0.25, 0.3) is 0 Å². The summed E-state index contributed by atoms with van der Waals surface area (Å²) in [6, 6.07) is 13.9. The summed E-state index contributed by atoms with van der Waals surface area (Å²) in [5.41, 5.74) is 6.30. The van der Waals surface area contributed by atoms with Crippen molar-refractivity contribution in [2.45, 2.75) is 9.92 Å². The van der Waals surface area contributed by atoms with Gasteiger partial charge in [0.15, 0.2) is 0 Å². The summed E-state index contributed by atoms with van der Waals surface area (Å²) in [7, 11) is 0. The fourth-order valence-corrected chi connectivity index (χ4v) is 2.09. The maximum absolute atomic E-state index is 5.50. The van der Waals surface area contributed by atoms with Crippen LogP contribution in [0.15, 0.2) is 58.6 Å². The molecule has 0 radical (unpaired) electrons. The number of nitrogens with two attached hydrogens (primary N) is 1. The lowest BCUT2D eigenvalue weighted by atomic mass is 10.3. The van der Waals surface area contributed by atoms with E-state index in [1.54, 1.807) is 18.0 Å². The SMILES string of the molecule is NC(=S)c1ccc(Sc2ccccc2)nc1. The van der Waals surface area contributed by atoms with Gasteiger partial charge in [-0.3, -0.25) is 0 Å². The van der Waals surface area contributed by atoms with Crippen molar-refractivity contribution in [2.24, 2.45) is 5.73 Å². The Hall–Kier alpha value is -1.39. The quantitative estimate of drug-likeness (QED) is 0.845. The highest BCUT2D eigenvalue weighted by molar-refractivity contribution is 7.99. The van der Waals surface area contributed by atoms with E-state index in [-0.39, 0.29) is 0 Å². The van der Waals surface area contributed by atoms with Crippen LogP contribution in [0.4, 0.5) is 0 Å². The monoisotopic (exact) mass is 246 g/mol. The molecule has 80 valence electrons. The van der Waals surface area contributed by atoms with E-state index >= 15 is 0 Å². The zero-order valence-electron chi connectivity index (χ0n) is 8.46. The molecule has 2 nitrogen and oxygen atoms in total. The smallest absolute Gasteiger partial charge is 0.105 e. The van der Waals surface area contributed by atoms with Gasteiger partial charge in [-0.15, -0.1) is 0 Å². The third-order valence-electron chi connectivity index (χ3n) is 1.99. The van der Waals surface area contributed by atoms with Crippen molar-refractivity contribution >= 4 is 29.0 Å². The van der Waals surface area contributed by atoms with Crippen LogP contribution in [0.3, 0.4) is 0 Å². The molecule has 0 unspecified atom stereocenters. The van der Waals surface area contributed by atoms with Crippen molar-refractivity contribution in [2.75, 3.05) is 0 Å². The molecule has 0 atom stereocenters. The number of nitrogens with zero attached hydrogens (tertiary/aromatic N) is 1. The standard InChI is InChI=1S/C12H10N2S2/c13-12(15)9-6-7-11(14-8-9)16-10-4-2-1-3-5-10/h1-8H,(H2,13,15). The van der Waals surface area contributed by atoms with Crippen LogP contribution in [0, 0.1) is 0 Å². The molecule has 0 saturated carbocycles. The van der Waals surface area contributed by atoms with Crippen LogP contribution in [0.2, 0.25) is 0 Å². The highest BCUT2D eigenvalue weighted by atomic mass is 32.2. The van der Waals surface area contributed by atoms with Crippen LogP contribution in [-0.2, 0) is 0 Å². The Kier molecular flexibility index (Phi) is 3.54. The highest BCUT2D eigenvalue weighted by Gasteiger charge is 2.00. The third-order valence-corrected chi connectivity index (χ3v) is 3.18. The van der Waals surface area contributed by atoms with Gasteiger partial charge < -0.3 is 5.73 Å². The largest absolute Gasteiger partial charge is 0.389 e. The first-order valence-electron chi connectivity index (χ1n) is 4.74. The molecular weight excluding hydrogens is 236 g/mol. The van der Waals surface area contributed by atoms with Crippen LogP contribution in [0.1, 0.15) is 5.56 Å². The summed E-state index contributed by atoms with van der Waals surface area (Å²) in [4.78, 5) is 5.83. The molecule has 1 aromatic carbocycles. The molecule has 2 rings (SSSR count). The summed E-state index contributed by atoms with van der Waals surface area (Å²) in [5.74, 6) is 0. The van der Waals surface area contributed by atoms with E-state index in [2.05, 4.69) is 4.98 Å². The zero-order chi connectivity index (χ0) is 11.4. The number of pyridine rings is 1. The van der Waals surface area contributed by atoms with Gasteiger partial charge in [0.2, 0.25) is 0 Å². The van der Waals surface area contributed by atoms with Crippen molar-refractivity contribution in [3.8, 4) is 0 Å². The van der Waals surface area contributed by atoms with Gasteiger partial charge in [-0.05, 0) is 24.3 Å². The second-order valence-electron chi connectivity index (χ2n) is 3.16. The number of rotatable bonds is 3. The molecule has 1 aromatic heterocycles. The van der Waals surface area contributed by atoms with Crippen LogP contribution >= 0.6 is 24.0 Å². The molecule has 16 heavy (non-hydrogen) atoms. The fourth-order valence-electron chi connectivity index (χ4n) is 1.20. The normalized spacial score (nSPS) is 10.0. The van der Waals surface area contributed by atoms with Crippen molar-refractivity contribution in [3.05, 3.63) is 54.2 Å². The van der Waals surface area contributed by atoms with E-state index in [1.807, 2.05) is 42.5 Å². The maximum atomic E-state index is 5.50. The molecule has 0 amide bonds. The van der Waals surface area contributed by atoms with Crippen molar-refractivity contribution in [1.82, 2.24) is 4.98 Å². The molecule has 0 aliphatic heterocycles. The number of hydrogen-bond donors (Lipinski definition) is 1. The van der Waals surface area contributed by atoms with Crippen molar-refractivity contribution in [1.29, 1.82) is 0 Å². The molecule has 4 heteroatoms. The summed E-state index contributed by atoms with van der Waals surface area (Å²) in [5, 5.41) is 0.936. The van der Waals surface area contributed by atoms with Gasteiger partial charge in [-0.2, -0.15) is 0 Å². The molecule has 0 bridgehead atoms. The van der Waals surface area contributed by atoms with E-state index in [1.165, 1.54) is 0 Å². The Morgan fingerprint density at radius 3 is 2.44 bits per heavy atom. The van der Waals surface area contributed by atoms with E-state index < -0.39 is 0 Å². The maximum Gasteiger partial charge on any atom is 0.105 e. The van der Waals surface area contributed by atoms with Crippen LogP contribution in [-0.4, -0.2) is 9.97 Å². The van der Waals surface area contributed by atoms with Crippen LogP contribution in [0.5, 0.6) is 0 Å². The van der Waals surface area contributed by atoms with Gasteiger partial charge in [0.05, 0.1) is 0 Å². The number of thiocarbonyl (C=S) groups is 1. The zero-order valence-corrected chi connectivity index (χ0v) is 10.1. The van der Waals surface area contributed by atoms with Crippen molar-refractivity contribution in [3.63, 3.8) is 0 Å². The lowest BCUT2D eigenvalue weighted by Crippen LogP contribution is -2.09.